The zero-order valence-corrected chi connectivity index (χ0v) is 14.5. The molecular formula is C18H11ClN4O4. The molecule has 0 bridgehead atoms. The number of nitrogens with zero attached hydrogens (tertiary/aromatic N) is 4. The maximum absolute atomic E-state index is 12.6. The van der Waals surface area contributed by atoms with E-state index in [1.807, 2.05) is 6.07 Å². The Morgan fingerprint density at radius 3 is 2.81 bits per heavy atom. The van der Waals surface area contributed by atoms with Gasteiger partial charge in [-0.15, -0.1) is 0 Å². The van der Waals surface area contributed by atoms with Gasteiger partial charge in [-0.05, 0) is 18.2 Å². The van der Waals surface area contributed by atoms with Crippen molar-refractivity contribution >= 4 is 28.2 Å². The van der Waals surface area contributed by atoms with Gasteiger partial charge in [0.15, 0.2) is 5.76 Å². The number of nitro groups is 1. The highest BCUT2D eigenvalue weighted by molar-refractivity contribution is 6.30. The molecule has 134 valence electrons. The summed E-state index contributed by atoms with van der Waals surface area (Å²) in [6.45, 7) is 0.0467. The van der Waals surface area contributed by atoms with Gasteiger partial charge in [-0.1, -0.05) is 23.7 Å². The Morgan fingerprint density at radius 2 is 2.04 bits per heavy atom. The molecule has 0 aliphatic heterocycles. The van der Waals surface area contributed by atoms with Crippen molar-refractivity contribution in [3.8, 4) is 11.3 Å². The summed E-state index contributed by atoms with van der Waals surface area (Å²) in [5.41, 5.74) is 0.569. The first-order valence-corrected chi connectivity index (χ1v) is 8.23. The van der Waals surface area contributed by atoms with Crippen molar-refractivity contribution in [1.82, 2.24) is 14.5 Å². The summed E-state index contributed by atoms with van der Waals surface area (Å²) in [6.07, 6.45) is 2.91. The lowest BCUT2D eigenvalue weighted by molar-refractivity contribution is -0.384. The summed E-state index contributed by atoms with van der Waals surface area (Å²) < 4.78 is 6.98. The number of rotatable bonds is 4. The molecule has 0 aliphatic carbocycles. The van der Waals surface area contributed by atoms with Crippen LogP contribution in [0.2, 0.25) is 5.02 Å². The summed E-state index contributed by atoms with van der Waals surface area (Å²) in [4.78, 5) is 31.4. The molecule has 0 N–H and O–H groups in total. The van der Waals surface area contributed by atoms with Crippen LogP contribution < -0.4 is 5.56 Å². The summed E-state index contributed by atoms with van der Waals surface area (Å²) in [5, 5.41) is 11.7. The standard InChI is InChI=1S/C18H11ClN4O4/c19-12-3-1-2-11(6-12)16-8-20-17(27-16)9-22-10-21-15-5-4-13(23(25)26)7-14(15)18(22)24/h1-8,10H,9H2. The lowest BCUT2D eigenvalue weighted by atomic mass is 10.2. The van der Waals surface area contributed by atoms with Gasteiger partial charge in [0.25, 0.3) is 11.2 Å². The van der Waals surface area contributed by atoms with E-state index in [0.29, 0.717) is 22.2 Å². The molecule has 0 amide bonds. The van der Waals surface area contributed by atoms with Crippen LogP contribution in [0.3, 0.4) is 0 Å². The summed E-state index contributed by atoms with van der Waals surface area (Å²) in [5.74, 6) is 0.823. The monoisotopic (exact) mass is 382 g/mol. The zero-order valence-electron chi connectivity index (χ0n) is 13.7. The predicted molar refractivity (Wildman–Crippen MR) is 98.7 cm³/mol. The molecule has 0 aliphatic rings. The van der Waals surface area contributed by atoms with Crippen LogP contribution in [0.25, 0.3) is 22.2 Å². The van der Waals surface area contributed by atoms with Crippen LogP contribution in [0.4, 0.5) is 5.69 Å². The largest absolute Gasteiger partial charge is 0.439 e. The second-order valence-corrected chi connectivity index (χ2v) is 6.20. The van der Waals surface area contributed by atoms with Crippen molar-refractivity contribution in [3.05, 3.63) is 86.4 Å². The van der Waals surface area contributed by atoms with Crippen LogP contribution in [-0.4, -0.2) is 19.5 Å². The quantitative estimate of drug-likeness (QED) is 0.394. The molecule has 4 aromatic rings. The van der Waals surface area contributed by atoms with Gasteiger partial charge >= 0.3 is 0 Å². The van der Waals surface area contributed by atoms with E-state index >= 15 is 0 Å². The fraction of sp³-hybridized carbons (Fsp3) is 0.0556. The number of fused-ring (bicyclic) bond motifs is 1. The fourth-order valence-electron chi connectivity index (χ4n) is 2.68. The van der Waals surface area contributed by atoms with Crippen molar-refractivity contribution in [2.24, 2.45) is 0 Å². The van der Waals surface area contributed by atoms with Crippen LogP contribution in [0.15, 0.2) is 64.2 Å². The average Bonchev–Trinajstić information content (AvgIpc) is 3.12. The van der Waals surface area contributed by atoms with Crippen molar-refractivity contribution in [2.45, 2.75) is 6.54 Å². The molecule has 0 unspecified atom stereocenters. The summed E-state index contributed by atoms with van der Waals surface area (Å²) >= 11 is 5.98. The highest BCUT2D eigenvalue weighted by Gasteiger charge is 2.13. The number of hydrogen-bond acceptors (Lipinski definition) is 6. The maximum atomic E-state index is 12.6. The maximum Gasteiger partial charge on any atom is 0.270 e. The van der Waals surface area contributed by atoms with Gasteiger partial charge < -0.3 is 4.42 Å². The molecule has 0 saturated heterocycles. The fourth-order valence-corrected chi connectivity index (χ4v) is 2.87. The van der Waals surface area contributed by atoms with E-state index in [9.17, 15) is 14.9 Å². The summed E-state index contributed by atoms with van der Waals surface area (Å²) in [7, 11) is 0. The van der Waals surface area contributed by atoms with E-state index in [1.165, 1.54) is 29.1 Å². The molecule has 2 heterocycles. The Hall–Kier alpha value is -3.52. The number of oxazole rings is 1. The van der Waals surface area contributed by atoms with Gasteiger partial charge in [0, 0.05) is 22.7 Å². The molecule has 0 saturated carbocycles. The normalized spacial score (nSPS) is 11.0. The van der Waals surface area contributed by atoms with Gasteiger partial charge in [-0.3, -0.25) is 19.5 Å². The van der Waals surface area contributed by atoms with Gasteiger partial charge in [-0.25, -0.2) is 9.97 Å². The Balaban J connectivity index is 1.69. The first-order chi connectivity index (χ1) is 13.0. The minimum absolute atomic E-state index is 0.0467. The SMILES string of the molecule is O=c1c2cc([N+](=O)[O-])ccc2ncn1Cc1ncc(-c2cccc(Cl)c2)o1. The highest BCUT2D eigenvalue weighted by atomic mass is 35.5. The van der Waals surface area contributed by atoms with E-state index in [0.717, 1.165) is 5.56 Å². The lowest BCUT2D eigenvalue weighted by Crippen LogP contribution is -2.21. The van der Waals surface area contributed by atoms with E-state index in [1.54, 1.807) is 24.4 Å². The predicted octanol–water partition coefficient (Wildman–Crippen LogP) is 3.66. The number of nitro benzene ring substituents is 1. The molecule has 0 spiro atoms. The third-order valence-electron chi connectivity index (χ3n) is 3.99. The second-order valence-electron chi connectivity index (χ2n) is 5.76. The van der Waals surface area contributed by atoms with Gasteiger partial charge in [0.05, 0.1) is 28.4 Å². The van der Waals surface area contributed by atoms with E-state index in [4.69, 9.17) is 16.0 Å². The molecule has 4 rings (SSSR count). The van der Waals surface area contributed by atoms with Crippen molar-refractivity contribution in [3.63, 3.8) is 0 Å². The second kappa shape index (κ2) is 6.65. The molecular weight excluding hydrogens is 372 g/mol. The van der Waals surface area contributed by atoms with Gasteiger partial charge in [-0.2, -0.15) is 0 Å². The summed E-state index contributed by atoms with van der Waals surface area (Å²) in [6, 6.07) is 11.1. The molecule has 0 atom stereocenters. The lowest BCUT2D eigenvalue weighted by Gasteiger charge is -2.04. The number of halogens is 1. The van der Waals surface area contributed by atoms with E-state index < -0.39 is 10.5 Å². The third-order valence-corrected chi connectivity index (χ3v) is 4.22. The first kappa shape index (κ1) is 16.9. The van der Waals surface area contributed by atoms with Crippen LogP contribution in [0.1, 0.15) is 5.89 Å². The minimum atomic E-state index is -0.554. The van der Waals surface area contributed by atoms with Crippen LogP contribution in [-0.2, 0) is 6.54 Å². The zero-order chi connectivity index (χ0) is 19.0. The van der Waals surface area contributed by atoms with Crippen LogP contribution in [0.5, 0.6) is 0 Å². The Morgan fingerprint density at radius 1 is 1.19 bits per heavy atom. The third kappa shape index (κ3) is 3.30. The average molecular weight is 383 g/mol. The van der Waals surface area contributed by atoms with Crippen molar-refractivity contribution < 1.29 is 9.34 Å². The molecule has 2 aromatic carbocycles. The Kier molecular flexibility index (Phi) is 4.17. The van der Waals surface area contributed by atoms with Crippen molar-refractivity contribution in [1.29, 1.82) is 0 Å². The van der Waals surface area contributed by atoms with Gasteiger partial charge in [0.1, 0.15) is 6.54 Å². The Labute approximate surface area is 156 Å². The number of non-ortho nitro benzene ring substituents is 1. The molecule has 0 radical (unpaired) electrons. The van der Waals surface area contributed by atoms with E-state index in [2.05, 4.69) is 9.97 Å². The number of hydrogen-bond donors (Lipinski definition) is 0. The minimum Gasteiger partial charge on any atom is -0.439 e. The number of benzene rings is 2. The van der Waals surface area contributed by atoms with Crippen LogP contribution >= 0.6 is 11.6 Å². The molecule has 0 fully saturated rings. The smallest absolute Gasteiger partial charge is 0.270 e. The first-order valence-electron chi connectivity index (χ1n) is 7.85. The molecule has 8 nitrogen and oxygen atoms in total. The van der Waals surface area contributed by atoms with Crippen LogP contribution in [0, 0.1) is 10.1 Å². The Bertz CT molecular complexity index is 1230. The molecule has 2 aromatic heterocycles. The van der Waals surface area contributed by atoms with E-state index in [-0.39, 0.29) is 17.6 Å². The highest BCUT2D eigenvalue weighted by Crippen LogP contribution is 2.23. The number of aromatic nitrogens is 3. The topological polar surface area (TPSA) is 104 Å². The van der Waals surface area contributed by atoms with Crippen molar-refractivity contribution in [2.75, 3.05) is 0 Å². The van der Waals surface area contributed by atoms with Gasteiger partial charge in [0.2, 0.25) is 5.89 Å². The molecule has 27 heavy (non-hydrogen) atoms. The molecule has 9 heteroatoms.